The zero-order chi connectivity index (χ0) is 14.9. The Kier molecular flexibility index (Phi) is 3.82. The molecule has 0 unspecified atom stereocenters. The summed E-state index contributed by atoms with van der Waals surface area (Å²) >= 11 is 0. The molecular formula is C12H15F3N4O. The maximum Gasteiger partial charge on any atom is 0.451 e. The van der Waals surface area contributed by atoms with E-state index in [2.05, 4.69) is 9.97 Å². The lowest BCUT2D eigenvalue weighted by molar-refractivity contribution is -0.144. The summed E-state index contributed by atoms with van der Waals surface area (Å²) in [5.41, 5.74) is 0.367. The van der Waals surface area contributed by atoms with E-state index in [1.807, 2.05) is 12.0 Å². The first-order valence-electron chi connectivity index (χ1n) is 6.40. The highest BCUT2D eigenvalue weighted by Crippen LogP contribution is 2.25. The van der Waals surface area contributed by atoms with Crippen LogP contribution in [-0.4, -0.2) is 19.6 Å². The van der Waals surface area contributed by atoms with Crippen LogP contribution in [0.2, 0.25) is 0 Å². The normalized spacial score (nSPS) is 12.2. The van der Waals surface area contributed by atoms with Gasteiger partial charge in [-0.05, 0) is 19.8 Å². The lowest BCUT2D eigenvalue weighted by atomic mass is 10.1. The molecule has 1 N–H and O–H groups in total. The number of aryl methyl sites for hydroxylation is 1. The van der Waals surface area contributed by atoms with Crippen molar-refractivity contribution in [2.24, 2.45) is 0 Å². The Bertz CT molecular complexity index is 672. The molecule has 0 amide bonds. The van der Waals surface area contributed by atoms with Crippen molar-refractivity contribution in [2.75, 3.05) is 0 Å². The molecule has 8 heteroatoms. The van der Waals surface area contributed by atoms with Gasteiger partial charge in [0.1, 0.15) is 0 Å². The number of H-pyrrole nitrogens is 1. The van der Waals surface area contributed by atoms with Crippen LogP contribution in [0.25, 0.3) is 5.78 Å². The van der Waals surface area contributed by atoms with Crippen molar-refractivity contribution in [1.29, 1.82) is 0 Å². The maximum absolute atomic E-state index is 12.6. The van der Waals surface area contributed by atoms with Gasteiger partial charge in [0.25, 0.3) is 11.3 Å². The molecule has 0 saturated carbocycles. The van der Waals surface area contributed by atoms with Gasteiger partial charge in [-0.15, -0.1) is 0 Å². The van der Waals surface area contributed by atoms with E-state index in [-0.39, 0.29) is 5.78 Å². The van der Waals surface area contributed by atoms with Crippen LogP contribution < -0.4 is 5.56 Å². The predicted molar refractivity (Wildman–Crippen MR) is 66.6 cm³/mol. The van der Waals surface area contributed by atoms with Crippen LogP contribution in [0.3, 0.4) is 0 Å². The minimum atomic E-state index is -4.63. The van der Waals surface area contributed by atoms with Crippen molar-refractivity contribution < 1.29 is 13.2 Å². The minimum absolute atomic E-state index is 0.251. The molecule has 0 bridgehead atoms. The molecule has 2 rings (SSSR count). The zero-order valence-electron chi connectivity index (χ0n) is 11.2. The number of rotatable bonds is 4. The van der Waals surface area contributed by atoms with Crippen molar-refractivity contribution in [1.82, 2.24) is 19.6 Å². The third-order valence-corrected chi connectivity index (χ3v) is 3.09. The predicted octanol–water partition coefficient (Wildman–Crippen LogP) is 2.48. The van der Waals surface area contributed by atoms with Crippen molar-refractivity contribution in [3.63, 3.8) is 0 Å². The minimum Gasteiger partial charge on any atom is -0.267 e. The molecule has 2 aromatic rings. The summed E-state index contributed by atoms with van der Waals surface area (Å²) in [6.45, 7) is 3.65. The maximum atomic E-state index is 12.6. The highest BCUT2D eigenvalue weighted by atomic mass is 19.4. The summed E-state index contributed by atoms with van der Waals surface area (Å²) in [7, 11) is 0. The van der Waals surface area contributed by atoms with E-state index in [1.165, 1.54) is 0 Å². The van der Waals surface area contributed by atoms with Gasteiger partial charge in [0, 0.05) is 5.56 Å². The number of halogens is 3. The number of aromatic nitrogens is 4. The van der Waals surface area contributed by atoms with E-state index in [0.717, 1.165) is 23.8 Å². The van der Waals surface area contributed by atoms with Crippen LogP contribution in [0.4, 0.5) is 13.2 Å². The van der Waals surface area contributed by atoms with Crippen LogP contribution in [0.15, 0.2) is 4.79 Å². The summed E-state index contributed by atoms with van der Waals surface area (Å²) in [5, 5.41) is 1.97. The summed E-state index contributed by atoms with van der Waals surface area (Å²) in [5.74, 6) is -1.47. The first-order valence-corrected chi connectivity index (χ1v) is 6.40. The first-order chi connectivity index (χ1) is 9.34. The van der Waals surface area contributed by atoms with Gasteiger partial charge in [-0.2, -0.15) is 22.7 Å². The van der Waals surface area contributed by atoms with E-state index < -0.39 is 17.6 Å². The molecule has 0 atom stereocenters. The first kappa shape index (κ1) is 14.5. The molecule has 2 aromatic heterocycles. The average Bonchev–Trinajstić information content (AvgIpc) is 2.77. The number of nitrogens with zero attached hydrogens (tertiary/aromatic N) is 3. The number of alkyl halides is 3. The zero-order valence-corrected chi connectivity index (χ0v) is 11.2. The second kappa shape index (κ2) is 5.26. The highest BCUT2D eigenvalue weighted by molar-refractivity contribution is 5.32. The van der Waals surface area contributed by atoms with E-state index in [1.54, 1.807) is 6.92 Å². The van der Waals surface area contributed by atoms with Crippen molar-refractivity contribution in [3.05, 3.63) is 27.4 Å². The highest BCUT2D eigenvalue weighted by Gasteiger charge is 2.35. The number of hydrogen-bond acceptors (Lipinski definition) is 3. The lowest BCUT2D eigenvalue weighted by Gasteiger charge is -2.03. The van der Waals surface area contributed by atoms with Crippen molar-refractivity contribution in [2.45, 2.75) is 45.7 Å². The number of aromatic amines is 1. The van der Waals surface area contributed by atoms with Crippen LogP contribution >= 0.6 is 0 Å². The fraction of sp³-hybridized carbons (Fsp3) is 0.583. The summed E-state index contributed by atoms with van der Waals surface area (Å²) in [6.07, 6.45) is -1.36. The molecule has 0 aromatic carbocycles. The van der Waals surface area contributed by atoms with E-state index in [9.17, 15) is 18.0 Å². The molecule has 0 spiro atoms. The van der Waals surface area contributed by atoms with Gasteiger partial charge in [0.2, 0.25) is 5.82 Å². The summed E-state index contributed by atoms with van der Waals surface area (Å²) in [4.78, 5) is 19.5. The Morgan fingerprint density at radius 3 is 2.55 bits per heavy atom. The quantitative estimate of drug-likeness (QED) is 0.879. The van der Waals surface area contributed by atoms with Gasteiger partial charge in [0.15, 0.2) is 0 Å². The molecule has 20 heavy (non-hydrogen) atoms. The monoisotopic (exact) mass is 288 g/mol. The molecule has 110 valence electrons. The molecule has 0 fully saturated rings. The summed E-state index contributed by atoms with van der Waals surface area (Å²) in [6, 6.07) is 0. The lowest BCUT2D eigenvalue weighted by Crippen LogP contribution is -2.22. The Balaban J connectivity index is 2.49. The van der Waals surface area contributed by atoms with Crippen molar-refractivity contribution in [3.8, 4) is 0 Å². The van der Waals surface area contributed by atoms with Crippen LogP contribution in [-0.2, 0) is 12.6 Å². The van der Waals surface area contributed by atoms with Crippen LogP contribution in [0, 0.1) is 6.92 Å². The molecule has 5 nitrogen and oxygen atoms in total. The molecule has 0 saturated heterocycles. The van der Waals surface area contributed by atoms with Gasteiger partial charge >= 0.3 is 6.18 Å². The van der Waals surface area contributed by atoms with Crippen molar-refractivity contribution >= 4 is 5.78 Å². The van der Waals surface area contributed by atoms with E-state index in [0.29, 0.717) is 17.7 Å². The topological polar surface area (TPSA) is 63.1 Å². The third-order valence-electron chi connectivity index (χ3n) is 3.09. The standard InChI is InChI=1S/C12H15F3N4O/c1-3-4-5-6-8-7(2)16-11-17-10(12(13,14)15)18-19(11)9(8)20/h3-6H2,1-2H3,(H,16,17,18). The van der Waals surface area contributed by atoms with Crippen LogP contribution in [0.1, 0.15) is 43.3 Å². The largest absolute Gasteiger partial charge is 0.451 e. The van der Waals surface area contributed by atoms with Crippen LogP contribution in [0.5, 0.6) is 0 Å². The second-order valence-electron chi connectivity index (χ2n) is 4.64. The third kappa shape index (κ3) is 2.68. The summed E-state index contributed by atoms with van der Waals surface area (Å²) < 4.78 is 38.5. The molecule has 0 radical (unpaired) electrons. The van der Waals surface area contributed by atoms with Gasteiger partial charge in [-0.3, -0.25) is 9.89 Å². The second-order valence-corrected chi connectivity index (χ2v) is 4.64. The van der Waals surface area contributed by atoms with Gasteiger partial charge in [-0.25, -0.2) is 4.98 Å². The Morgan fingerprint density at radius 2 is 1.95 bits per heavy atom. The van der Waals surface area contributed by atoms with Gasteiger partial charge in [0.05, 0.1) is 5.69 Å². The molecule has 0 aliphatic rings. The number of nitrogens with one attached hydrogen (secondary N) is 1. The fourth-order valence-electron chi connectivity index (χ4n) is 2.02. The Hall–Kier alpha value is -1.86. The molecule has 0 aliphatic carbocycles. The van der Waals surface area contributed by atoms with E-state index in [4.69, 9.17) is 0 Å². The van der Waals surface area contributed by atoms with Gasteiger partial charge < -0.3 is 0 Å². The number of hydrogen-bond donors (Lipinski definition) is 1. The molecule has 2 heterocycles. The fourth-order valence-corrected chi connectivity index (χ4v) is 2.02. The molecule has 0 aliphatic heterocycles. The SMILES string of the molecule is CCCCCc1c(C)nc2nc(C(F)(F)F)[nH]n2c1=O. The van der Waals surface area contributed by atoms with E-state index >= 15 is 0 Å². The number of unbranched alkanes of at least 4 members (excludes halogenated alkanes) is 2. The molecular weight excluding hydrogens is 273 g/mol. The smallest absolute Gasteiger partial charge is 0.267 e. The number of fused-ring (bicyclic) bond motifs is 1. The van der Waals surface area contributed by atoms with Gasteiger partial charge in [-0.1, -0.05) is 19.8 Å². The average molecular weight is 288 g/mol. The Morgan fingerprint density at radius 1 is 1.25 bits per heavy atom. The Labute approximate surface area is 112 Å².